The number of aromatic nitrogens is 1. The molecule has 0 saturated carbocycles. The van der Waals surface area contributed by atoms with Crippen LogP contribution in [0.5, 0.6) is 5.75 Å². The van der Waals surface area contributed by atoms with E-state index in [2.05, 4.69) is 4.98 Å². The second-order valence-corrected chi connectivity index (χ2v) is 5.20. The Morgan fingerprint density at radius 1 is 1.19 bits per heavy atom. The molecule has 0 aliphatic carbocycles. The Bertz CT molecular complexity index is 827. The summed E-state index contributed by atoms with van der Waals surface area (Å²) in [7, 11) is 0. The molecule has 2 aromatic carbocycles. The van der Waals surface area contributed by atoms with E-state index in [1.54, 1.807) is 30.3 Å². The van der Waals surface area contributed by atoms with Crippen LogP contribution >= 0.6 is 11.3 Å². The maximum absolute atomic E-state index is 10.6. The van der Waals surface area contributed by atoms with Crippen molar-refractivity contribution in [3.8, 4) is 16.3 Å². The predicted molar refractivity (Wildman–Crippen MR) is 78.4 cm³/mol. The molecule has 0 atom stereocenters. The third kappa shape index (κ3) is 2.59. The van der Waals surface area contributed by atoms with Crippen molar-refractivity contribution < 1.29 is 14.5 Å². The average molecular weight is 300 g/mol. The topological polar surface area (TPSA) is 82.3 Å². The van der Waals surface area contributed by atoms with Gasteiger partial charge in [0.15, 0.2) is 0 Å². The standard InChI is InChI=1S/C14H8N2O4S/c17-8-20-11-5-6-12-13(7-11)21-14(15-12)9-1-3-10(4-2-9)16(18)19/h1-8H. The lowest BCUT2D eigenvalue weighted by molar-refractivity contribution is -0.384. The third-order valence-electron chi connectivity index (χ3n) is 2.87. The van der Waals surface area contributed by atoms with Crippen LogP contribution in [-0.2, 0) is 4.79 Å². The highest BCUT2D eigenvalue weighted by Crippen LogP contribution is 2.32. The van der Waals surface area contributed by atoms with Crippen LogP contribution < -0.4 is 4.74 Å². The van der Waals surface area contributed by atoms with Gasteiger partial charge in [0.2, 0.25) is 0 Å². The van der Waals surface area contributed by atoms with E-state index in [0.717, 1.165) is 20.8 Å². The van der Waals surface area contributed by atoms with Gasteiger partial charge in [-0.1, -0.05) is 0 Å². The summed E-state index contributed by atoms with van der Waals surface area (Å²) in [5.74, 6) is 0.455. The lowest BCUT2D eigenvalue weighted by atomic mass is 10.2. The van der Waals surface area contributed by atoms with Gasteiger partial charge in [0.05, 0.1) is 15.1 Å². The number of carbonyl (C=O) groups excluding carboxylic acids is 1. The Morgan fingerprint density at radius 2 is 1.95 bits per heavy atom. The molecule has 7 heteroatoms. The van der Waals surface area contributed by atoms with Gasteiger partial charge in [-0.05, 0) is 24.3 Å². The van der Waals surface area contributed by atoms with Gasteiger partial charge in [0, 0.05) is 23.8 Å². The van der Waals surface area contributed by atoms with E-state index in [0.29, 0.717) is 12.2 Å². The zero-order valence-electron chi connectivity index (χ0n) is 10.6. The summed E-state index contributed by atoms with van der Waals surface area (Å²) >= 11 is 1.43. The van der Waals surface area contributed by atoms with E-state index in [1.807, 2.05) is 0 Å². The summed E-state index contributed by atoms with van der Waals surface area (Å²) in [5.41, 5.74) is 1.63. The zero-order chi connectivity index (χ0) is 14.8. The molecule has 0 spiro atoms. The highest BCUT2D eigenvalue weighted by molar-refractivity contribution is 7.21. The number of hydrogen-bond donors (Lipinski definition) is 0. The van der Waals surface area contributed by atoms with Gasteiger partial charge in [-0.2, -0.15) is 0 Å². The van der Waals surface area contributed by atoms with Crippen molar-refractivity contribution in [3.05, 3.63) is 52.6 Å². The van der Waals surface area contributed by atoms with E-state index in [-0.39, 0.29) is 5.69 Å². The molecule has 0 bridgehead atoms. The Morgan fingerprint density at radius 3 is 2.62 bits per heavy atom. The van der Waals surface area contributed by atoms with E-state index in [9.17, 15) is 14.9 Å². The first-order chi connectivity index (χ1) is 10.2. The molecule has 0 aliphatic heterocycles. The minimum absolute atomic E-state index is 0.0431. The van der Waals surface area contributed by atoms with Crippen LogP contribution in [0.4, 0.5) is 5.69 Å². The van der Waals surface area contributed by atoms with Gasteiger partial charge in [-0.25, -0.2) is 4.98 Å². The van der Waals surface area contributed by atoms with Crippen molar-refractivity contribution >= 4 is 33.7 Å². The molecule has 104 valence electrons. The minimum Gasteiger partial charge on any atom is -0.429 e. The number of carbonyl (C=O) groups is 1. The van der Waals surface area contributed by atoms with Crippen LogP contribution in [0.15, 0.2) is 42.5 Å². The van der Waals surface area contributed by atoms with Gasteiger partial charge in [-0.15, -0.1) is 11.3 Å². The molecule has 0 unspecified atom stereocenters. The Balaban J connectivity index is 2.00. The highest BCUT2D eigenvalue weighted by Gasteiger charge is 2.10. The molecule has 0 aliphatic rings. The molecule has 0 N–H and O–H groups in total. The second-order valence-electron chi connectivity index (χ2n) is 4.17. The maximum Gasteiger partial charge on any atom is 0.298 e. The van der Waals surface area contributed by atoms with Crippen molar-refractivity contribution in [1.82, 2.24) is 4.98 Å². The average Bonchev–Trinajstić information content (AvgIpc) is 2.91. The SMILES string of the molecule is O=COc1ccc2nc(-c3ccc([N+](=O)[O-])cc3)sc2c1. The molecule has 0 amide bonds. The van der Waals surface area contributed by atoms with E-state index < -0.39 is 4.92 Å². The second kappa shape index (κ2) is 5.29. The van der Waals surface area contributed by atoms with E-state index in [1.165, 1.54) is 23.5 Å². The molecule has 21 heavy (non-hydrogen) atoms. The van der Waals surface area contributed by atoms with Gasteiger partial charge >= 0.3 is 0 Å². The quantitative estimate of drug-likeness (QED) is 0.419. The third-order valence-corrected chi connectivity index (χ3v) is 3.94. The van der Waals surface area contributed by atoms with Gasteiger partial charge in [0.1, 0.15) is 10.8 Å². The fourth-order valence-electron chi connectivity index (χ4n) is 1.88. The van der Waals surface area contributed by atoms with Crippen LogP contribution in [0.25, 0.3) is 20.8 Å². The summed E-state index contributed by atoms with van der Waals surface area (Å²) in [5, 5.41) is 11.4. The number of thiazole rings is 1. The predicted octanol–water partition coefficient (Wildman–Crippen LogP) is 3.41. The molecule has 1 heterocycles. The molecule has 0 saturated heterocycles. The number of ether oxygens (including phenoxy) is 1. The lowest BCUT2D eigenvalue weighted by Crippen LogP contribution is -1.87. The molecule has 0 radical (unpaired) electrons. The van der Waals surface area contributed by atoms with Gasteiger partial charge < -0.3 is 4.74 Å². The summed E-state index contributed by atoms with van der Waals surface area (Å²) in [6, 6.07) is 11.4. The normalized spacial score (nSPS) is 10.5. The largest absolute Gasteiger partial charge is 0.429 e. The molecular formula is C14H8N2O4S. The van der Waals surface area contributed by atoms with E-state index in [4.69, 9.17) is 4.74 Å². The summed E-state index contributed by atoms with van der Waals surface area (Å²) in [6.07, 6.45) is 0. The number of non-ortho nitro benzene ring substituents is 1. The molecule has 1 aromatic heterocycles. The van der Waals surface area contributed by atoms with Gasteiger partial charge in [0.25, 0.3) is 12.2 Å². The van der Waals surface area contributed by atoms with Crippen LogP contribution in [0, 0.1) is 10.1 Å². The van der Waals surface area contributed by atoms with Crippen molar-refractivity contribution in [1.29, 1.82) is 0 Å². The molecule has 3 rings (SSSR count). The van der Waals surface area contributed by atoms with E-state index >= 15 is 0 Å². The fraction of sp³-hybridized carbons (Fsp3) is 0. The monoisotopic (exact) mass is 300 g/mol. The van der Waals surface area contributed by atoms with Crippen LogP contribution in [-0.4, -0.2) is 16.4 Å². The van der Waals surface area contributed by atoms with Crippen molar-refractivity contribution in [2.75, 3.05) is 0 Å². The van der Waals surface area contributed by atoms with Crippen molar-refractivity contribution in [2.45, 2.75) is 0 Å². The number of nitro benzene ring substituents is 1. The first kappa shape index (κ1) is 13.2. The minimum atomic E-state index is -0.439. The number of fused-ring (bicyclic) bond motifs is 1. The Hall–Kier alpha value is -2.80. The lowest BCUT2D eigenvalue weighted by Gasteiger charge is -1.95. The van der Waals surface area contributed by atoms with Crippen LogP contribution in [0.3, 0.4) is 0 Å². The van der Waals surface area contributed by atoms with Crippen molar-refractivity contribution in [3.63, 3.8) is 0 Å². The zero-order valence-corrected chi connectivity index (χ0v) is 11.4. The smallest absolute Gasteiger partial charge is 0.298 e. The highest BCUT2D eigenvalue weighted by atomic mass is 32.1. The Kier molecular flexibility index (Phi) is 3.33. The van der Waals surface area contributed by atoms with Crippen molar-refractivity contribution in [2.24, 2.45) is 0 Å². The number of nitro groups is 1. The van der Waals surface area contributed by atoms with Gasteiger partial charge in [-0.3, -0.25) is 14.9 Å². The van der Waals surface area contributed by atoms with Crippen LogP contribution in [0.2, 0.25) is 0 Å². The first-order valence-corrected chi connectivity index (χ1v) is 6.75. The fourth-order valence-corrected chi connectivity index (χ4v) is 2.88. The molecular weight excluding hydrogens is 292 g/mol. The summed E-state index contributed by atoms with van der Waals surface area (Å²) < 4.78 is 5.67. The number of nitrogens with zero attached hydrogens (tertiary/aromatic N) is 2. The maximum atomic E-state index is 10.6. The first-order valence-electron chi connectivity index (χ1n) is 5.93. The summed E-state index contributed by atoms with van der Waals surface area (Å²) in [6.45, 7) is 0.374. The molecule has 6 nitrogen and oxygen atoms in total. The number of hydrogen-bond acceptors (Lipinski definition) is 6. The molecule has 0 fully saturated rings. The number of benzene rings is 2. The molecule has 3 aromatic rings. The summed E-state index contributed by atoms with van der Waals surface area (Å²) in [4.78, 5) is 25.0. The number of rotatable bonds is 4. The Labute approximate surface area is 122 Å². The van der Waals surface area contributed by atoms with Crippen LogP contribution in [0.1, 0.15) is 0 Å².